The third kappa shape index (κ3) is 4.00. The van der Waals surface area contributed by atoms with Crippen molar-refractivity contribution in [2.24, 2.45) is 4.99 Å². The molecule has 4 rings (SSSR count). The zero-order chi connectivity index (χ0) is 21.3. The quantitative estimate of drug-likeness (QED) is 0.538. The number of fused-ring (bicyclic) bond motifs is 1. The fourth-order valence-corrected chi connectivity index (χ4v) is 6.27. The summed E-state index contributed by atoms with van der Waals surface area (Å²) in [6.07, 6.45) is 3.49. The average molecular weight is 462 g/mol. The van der Waals surface area contributed by atoms with Gasteiger partial charge in [0.2, 0.25) is 10.0 Å². The van der Waals surface area contributed by atoms with Crippen molar-refractivity contribution >= 4 is 49.1 Å². The van der Waals surface area contributed by atoms with Gasteiger partial charge in [-0.15, -0.1) is 6.58 Å². The first kappa shape index (κ1) is 21.0. The lowest BCUT2D eigenvalue weighted by molar-refractivity contribution is 0.0998. The first-order valence-corrected chi connectivity index (χ1v) is 12.1. The maximum absolute atomic E-state index is 12.7. The molecule has 1 aliphatic rings. The van der Waals surface area contributed by atoms with Crippen LogP contribution in [0.15, 0.2) is 65.0 Å². The number of hydrogen-bond donors (Lipinski definition) is 0. The highest BCUT2D eigenvalue weighted by Gasteiger charge is 2.27. The summed E-state index contributed by atoms with van der Waals surface area (Å²) in [5, 5.41) is 0.613. The summed E-state index contributed by atoms with van der Waals surface area (Å²) in [6.45, 7) is 5.35. The Kier molecular flexibility index (Phi) is 5.92. The van der Waals surface area contributed by atoms with Gasteiger partial charge in [0.1, 0.15) is 0 Å². The third-order valence-corrected chi connectivity index (χ3v) is 8.15. The van der Waals surface area contributed by atoms with E-state index < -0.39 is 15.9 Å². The van der Waals surface area contributed by atoms with Gasteiger partial charge in [-0.3, -0.25) is 4.79 Å². The first-order chi connectivity index (χ1) is 14.4. The molecule has 9 heteroatoms. The molecule has 1 saturated heterocycles. The molecule has 0 saturated carbocycles. The summed E-state index contributed by atoms with van der Waals surface area (Å²) in [5.41, 5.74) is 1.25. The van der Waals surface area contributed by atoms with Crippen molar-refractivity contribution in [3.05, 3.63) is 70.5 Å². The molecule has 30 heavy (non-hydrogen) atoms. The number of carbonyl (C=O) groups excluding carboxylic acids is 1. The van der Waals surface area contributed by atoms with Gasteiger partial charge in [-0.1, -0.05) is 29.0 Å². The van der Waals surface area contributed by atoms with Crippen LogP contribution in [0.1, 0.15) is 23.2 Å². The molecule has 1 fully saturated rings. The summed E-state index contributed by atoms with van der Waals surface area (Å²) in [6, 6.07) is 11.5. The van der Waals surface area contributed by atoms with Gasteiger partial charge in [-0.2, -0.15) is 9.30 Å². The topological polar surface area (TPSA) is 71.7 Å². The molecule has 3 aromatic rings. The number of thiazole rings is 1. The fourth-order valence-electron chi connectivity index (χ4n) is 3.44. The van der Waals surface area contributed by atoms with Gasteiger partial charge in [-0.25, -0.2) is 8.42 Å². The van der Waals surface area contributed by atoms with E-state index in [1.165, 1.54) is 39.9 Å². The van der Waals surface area contributed by atoms with E-state index in [2.05, 4.69) is 11.6 Å². The molecule has 0 atom stereocenters. The Morgan fingerprint density at radius 2 is 1.87 bits per heavy atom. The molecule has 2 aromatic carbocycles. The number of benzene rings is 2. The summed E-state index contributed by atoms with van der Waals surface area (Å²) >= 11 is 7.45. The molecule has 0 bridgehead atoms. The van der Waals surface area contributed by atoms with Crippen molar-refractivity contribution in [3.63, 3.8) is 0 Å². The Morgan fingerprint density at radius 1 is 1.17 bits per heavy atom. The Morgan fingerprint density at radius 3 is 2.53 bits per heavy atom. The van der Waals surface area contributed by atoms with Crippen LogP contribution in [0, 0.1) is 0 Å². The van der Waals surface area contributed by atoms with Crippen molar-refractivity contribution in [1.82, 2.24) is 8.87 Å². The molecule has 1 aliphatic heterocycles. The number of allylic oxidation sites excluding steroid dienone is 1. The molecular weight excluding hydrogens is 442 g/mol. The smallest absolute Gasteiger partial charge is 0.279 e. The van der Waals surface area contributed by atoms with Crippen molar-refractivity contribution in [2.45, 2.75) is 24.3 Å². The van der Waals surface area contributed by atoms with Crippen molar-refractivity contribution in [3.8, 4) is 0 Å². The normalized spacial score (nSPS) is 15.7. The van der Waals surface area contributed by atoms with Crippen LogP contribution in [-0.2, 0) is 16.6 Å². The Balaban J connectivity index is 1.67. The number of carbonyl (C=O) groups is 1. The summed E-state index contributed by atoms with van der Waals surface area (Å²) in [4.78, 5) is 17.7. The third-order valence-electron chi connectivity index (χ3n) is 4.96. The minimum absolute atomic E-state index is 0.194. The van der Waals surface area contributed by atoms with Gasteiger partial charge >= 0.3 is 0 Å². The Labute approximate surface area is 183 Å². The first-order valence-electron chi connectivity index (χ1n) is 9.49. The second-order valence-corrected chi connectivity index (χ2v) is 10.3. The van der Waals surface area contributed by atoms with Gasteiger partial charge in [0.15, 0.2) is 4.80 Å². The standard InChI is InChI=1S/C21H20ClN3O3S2/c1-2-11-25-18-10-7-16(22)14-19(18)29-21(25)23-20(26)15-5-8-17(9-6-15)30(27,28)24-12-3-4-13-24/h2,5-10,14H,1,3-4,11-13H2. The average Bonchev–Trinajstić information content (AvgIpc) is 3.38. The number of nitrogens with zero attached hydrogens (tertiary/aromatic N) is 3. The zero-order valence-corrected chi connectivity index (χ0v) is 18.5. The van der Waals surface area contributed by atoms with E-state index in [4.69, 9.17) is 11.6 Å². The van der Waals surface area contributed by atoms with Crippen LogP contribution in [0.2, 0.25) is 5.02 Å². The van der Waals surface area contributed by atoms with E-state index in [-0.39, 0.29) is 4.90 Å². The molecular formula is C21H20ClN3O3S2. The van der Waals surface area contributed by atoms with Crippen LogP contribution < -0.4 is 4.80 Å². The number of rotatable bonds is 5. The molecule has 1 amide bonds. The highest BCUT2D eigenvalue weighted by molar-refractivity contribution is 7.89. The molecule has 0 radical (unpaired) electrons. The summed E-state index contributed by atoms with van der Waals surface area (Å²) in [7, 11) is -3.51. The van der Waals surface area contributed by atoms with Crippen LogP contribution in [0.5, 0.6) is 0 Å². The molecule has 0 unspecified atom stereocenters. The van der Waals surface area contributed by atoms with E-state index in [0.717, 1.165) is 23.1 Å². The molecule has 0 aliphatic carbocycles. The SMILES string of the molecule is C=CCn1c(=NC(=O)c2ccc(S(=O)(=O)N3CCCC3)cc2)sc2cc(Cl)ccc21. The van der Waals surface area contributed by atoms with Crippen molar-refractivity contribution < 1.29 is 13.2 Å². The second-order valence-electron chi connectivity index (χ2n) is 6.95. The number of halogens is 1. The largest absolute Gasteiger partial charge is 0.312 e. The van der Waals surface area contributed by atoms with E-state index in [0.29, 0.717) is 35.0 Å². The van der Waals surface area contributed by atoms with Gasteiger partial charge < -0.3 is 4.57 Å². The monoisotopic (exact) mass is 461 g/mol. The van der Waals surface area contributed by atoms with E-state index in [1.54, 1.807) is 12.1 Å². The van der Waals surface area contributed by atoms with Crippen LogP contribution in [0.4, 0.5) is 0 Å². The van der Waals surface area contributed by atoms with Crippen LogP contribution in [-0.4, -0.2) is 36.3 Å². The van der Waals surface area contributed by atoms with Crippen LogP contribution in [0.25, 0.3) is 10.2 Å². The number of aromatic nitrogens is 1. The lowest BCUT2D eigenvalue weighted by Crippen LogP contribution is -2.27. The highest BCUT2D eigenvalue weighted by Crippen LogP contribution is 2.23. The molecule has 0 N–H and O–H groups in total. The van der Waals surface area contributed by atoms with Crippen molar-refractivity contribution in [1.29, 1.82) is 0 Å². The van der Waals surface area contributed by atoms with Gasteiger partial charge in [-0.05, 0) is 55.3 Å². The second kappa shape index (κ2) is 8.47. The summed E-state index contributed by atoms with van der Waals surface area (Å²) in [5.74, 6) is -0.435. The minimum Gasteiger partial charge on any atom is -0.312 e. The summed E-state index contributed by atoms with van der Waals surface area (Å²) < 4.78 is 29.6. The van der Waals surface area contributed by atoms with Gasteiger partial charge in [0.05, 0.1) is 15.1 Å². The predicted octanol–water partition coefficient (Wildman–Crippen LogP) is 4.07. The van der Waals surface area contributed by atoms with E-state index in [9.17, 15) is 13.2 Å². The van der Waals surface area contributed by atoms with E-state index >= 15 is 0 Å². The predicted molar refractivity (Wildman–Crippen MR) is 119 cm³/mol. The Bertz CT molecular complexity index is 1290. The zero-order valence-electron chi connectivity index (χ0n) is 16.1. The maximum atomic E-state index is 12.7. The number of amides is 1. The molecule has 1 aromatic heterocycles. The number of sulfonamides is 1. The maximum Gasteiger partial charge on any atom is 0.279 e. The fraction of sp³-hybridized carbons (Fsp3) is 0.238. The molecule has 2 heterocycles. The highest BCUT2D eigenvalue weighted by atomic mass is 35.5. The molecule has 156 valence electrons. The van der Waals surface area contributed by atoms with E-state index in [1.807, 2.05) is 16.7 Å². The van der Waals surface area contributed by atoms with Crippen LogP contribution in [0.3, 0.4) is 0 Å². The molecule has 6 nitrogen and oxygen atoms in total. The van der Waals surface area contributed by atoms with Gasteiger partial charge in [0, 0.05) is 30.2 Å². The van der Waals surface area contributed by atoms with Gasteiger partial charge in [0.25, 0.3) is 5.91 Å². The minimum atomic E-state index is -3.51. The Hall–Kier alpha value is -2.26. The van der Waals surface area contributed by atoms with Crippen molar-refractivity contribution in [2.75, 3.05) is 13.1 Å². The lowest BCUT2D eigenvalue weighted by Gasteiger charge is -2.15. The number of hydrogen-bond acceptors (Lipinski definition) is 4. The molecule has 0 spiro atoms. The van der Waals surface area contributed by atoms with Crippen LogP contribution >= 0.6 is 22.9 Å². The lowest BCUT2D eigenvalue weighted by atomic mass is 10.2.